The van der Waals surface area contributed by atoms with E-state index in [9.17, 15) is 9.59 Å². The minimum atomic E-state index is -0.0727. The van der Waals surface area contributed by atoms with Gasteiger partial charge in [-0.25, -0.2) is 4.98 Å². The van der Waals surface area contributed by atoms with E-state index < -0.39 is 0 Å². The van der Waals surface area contributed by atoms with E-state index in [4.69, 9.17) is 5.73 Å². The van der Waals surface area contributed by atoms with Crippen LogP contribution in [-0.4, -0.2) is 16.8 Å². The Morgan fingerprint density at radius 2 is 2.04 bits per heavy atom. The molecule has 0 saturated heterocycles. The topological polar surface area (TPSA) is 97.1 Å². The van der Waals surface area contributed by atoms with Gasteiger partial charge in [-0.3, -0.25) is 9.59 Å². The van der Waals surface area contributed by atoms with Gasteiger partial charge in [0.2, 0.25) is 11.8 Å². The molecule has 4 N–H and O–H groups in total. The fraction of sp³-hybridized carbons (Fsp3) is 0.150. The van der Waals surface area contributed by atoms with Crippen molar-refractivity contribution in [3.63, 3.8) is 0 Å². The molecule has 2 amide bonds. The number of anilines is 3. The Bertz CT molecular complexity index is 1010. The van der Waals surface area contributed by atoms with Crippen LogP contribution in [0.25, 0.3) is 11.3 Å². The first-order valence-corrected chi connectivity index (χ1v) is 9.48. The summed E-state index contributed by atoms with van der Waals surface area (Å²) in [5.74, 6) is -0.0639. The quantitative estimate of drug-likeness (QED) is 0.592. The average molecular weight is 378 g/mol. The number of amides is 2. The number of hydrogen-bond donors (Lipinski definition) is 3. The van der Waals surface area contributed by atoms with Crippen molar-refractivity contribution in [1.29, 1.82) is 0 Å². The highest BCUT2D eigenvalue weighted by Crippen LogP contribution is 2.30. The van der Waals surface area contributed by atoms with E-state index in [2.05, 4.69) is 15.6 Å². The lowest BCUT2D eigenvalue weighted by molar-refractivity contribution is -0.116. The number of hydrogen-bond acceptors (Lipinski definition) is 5. The Hall–Kier alpha value is -3.19. The van der Waals surface area contributed by atoms with Gasteiger partial charge >= 0.3 is 0 Å². The number of nitrogen functional groups attached to an aromatic ring is 1. The van der Waals surface area contributed by atoms with E-state index in [-0.39, 0.29) is 11.8 Å². The molecule has 7 heteroatoms. The minimum absolute atomic E-state index is 0.00878. The first-order chi connectivity index (χ1) is 13.1. The number of fused-ring (bicyclic) bond motifs is 1. The molecule has 2 heterocycles. The summed E-state index contributed by atoms with van der Waals surface area (Å²) in [7, 11) is 0. The number of rotatable bonds is 5. The molecule has 6 nitrogen and oxygen atoms in total. The molecule has 3 aromatic rings. The maximum Gasteiger partial charge on any atom is 0.228 e. The monoisotopic (exact) mass is 378 g/mol. The maximum absolute atomic E-state index is 12.2. The summed E-state index contributed by atoms with van der Waals surface area (Å²) in [5, 5.41) is 8.14. The van der Waals surface area contributed by atoms with Crippen LogP contribution in [0.3, 0.4) is 0 Å². The highest BCUT2D eigenvalue weighted by atomic mass is 32.1. The summed E-state index contributed by atoms with van der Waals surface area (Å²) >= 11 is 1.39. The van der Waals surface area contributed by atoms with Gasteiger partial charge in [-0.05, 0) is 41.8 Å². The van der Waals surface area contributed by atoms with Crippen molar-refractivity contribution in [1.82, 2.24) is 4.98 Å². The summed E-state index contributed by atoms with van der Waals surface area (Å²) in [6.45, 7) is 0. The molecule has 0 saturated carbocycles. The number of aryl methyl sites for hydroxylation is 1. The number of benzene rings is 2. The van der Waals surface area contributed by atoms with Crippen molar-refractivity contribution in [2.45, 2.75) is 19.3 Å². The minimum Gasteiger partial charge on any atom is -0.399 e. The lowest BCUT2D eigenvalue weighted by atomic mass is 10.1. The highest BCUT2D eigenvalue weighted by Gasteiger charge is 2.18. The fourth-order valence-electron chi connectivity index (χ4n) is 2.98. The Morgan fingerprint density at radius 3 is 2.85 bits per heavy atom. The zero-order chi connectivity index (χ0) is 18.8. The zero-order valence-electron chi connectivity index (χ0n) is 14.5. The molecule has 0 bridgehead atoms. The summed E-state index contributed by atoms with van der Waals surface area (Å²) in [4.78, 5) is 28.1. The maximum atomic E-state index is 12.2. The average Bonchev–Trinajstić information content (AvgIpc) is 3.26. The summed E-state index contributed by atoms with van der Waals surface area (Å²) in [6, 6.07) is 13.3. The summed E-state index contributed by atoms with van der Waals surface area (Å²) < 4.78 is 0. The Balaban J connectivity index is 1.38. The van der Waals surface area contributed by atoms with Crippen molar-refractivity contribution >= 4 is 39.7 Å². The Kier molecular flexibility index (Phi) is 4.60. The van der Waals surface area contributed by atoms with E-state index in [0.717, 1.165) is 28.1 Å². The van der Waals surface area contributed by atoms with E-state index in [1.807, 2.05) is 47.8 Å². The Morgan fingerprint density at radius 1 is 1.22 bits per heavy atom. The van der Waals surface area contributed by atoms with Gasteiger partial charge in [-0.1, -0.05) is 18.2 Å². The molecule has 136 valence electrons. The number of thiazole rings is 1. The second kappa shape index (κ2) is 7.20. The lowest BCUT2D eigenvalue weighted by Gasteiger charge is -2.03. The van der Waals surface area contributed by atoms with Crippen LogP contribution >= 0.6 is 11.3 Å². The van der Waals surface area contributed by atoms with Crippen LogP contribution < -0.4 is 16.4 Å². The van der Waals surface area contributed by atoms with Gasteiger partial charge in [0, 0.05) is 28.7 Å². The molecule has 2 aromatic carbocycles. The van der Waals surface area contributed by atoms with E-state index in [1.54, 1.807) is 0 Å². The van der Waals surface area contributed by atoms with Gasteiger partial charge in [0.05, 0.1) is 12.1 Å². The standard InChI is InChI=1S/C20H18N4O2S/c21-15-5-1-12(2-6-15)3-8-18(25)24-20-23-17(11-27-20)13-4-7-16-14(9-13)10-19(26)22-16/h1-2,4-7,9,11H,3,8,10,21H2,(H,22,26)(H,23,24,25). The normalized spacial score (nSPS) is 12.5. The number of aromatic nitrogens is 1. The first-order valence-electron chi connectivity index (χ1n) is 8.60. The Labute approximate surface area is 160 Å². The third-order valence-electron chi connectivity index (χ3n) is 4.40. The van der Waals surface area contributed by atoms with Gasteiger partial charge in [0.1, 0.15) is 0 Å². The molecule has 1 aromatic heterocycles. The van der Waals surface area contributed by atoms with Crippen LogP contribution in [0.2, 0.25) is 0 Å². The number of nitrogens with one attached hydrogen (secondary N) is 2. The number of carbonyl (C=O) groups is 2. The van der Waals surface area contributed by atoms with Gasteiger partial charge < -0.3 is 16.4 Å². The molecule has 1 aliphatic rings. The van der Waals surface area contributed by atoms with Gasteiger partial charge in [0.15, 0.2) is 5.13 Å². The van der Waals surface area contributed by atoms with Crippen LogP contribution in [0.5, 0.6) is 0 Å². The summed E-state index contributed by atoms with van der Waals surface area (Å²) in [5.41, 5.74) is 11.0. The number of nitrogens with two attached hydrogens (primary N) is 1. The van der Waals surface area contributed by atoms with Crippen molar-refractivity contribution in [3.05, 3.63) is 59.0 Å². The van der Waals surface area contributed by atoms with Crippen molar-refractivity contribution < 1.29 is 9.59 Å². The van der Waals surface area contributed by atoms with E-state index in [1.165, 1.54) is 11.3 Å². The second-order valence-electron chi connectivity index (χ2n) is 6.42. The van der Waals surface area contributed by atoms with Gasteiger partial charge in [0.25, 0.3) is 0 Å². The molecule has 4 rings (SSSR count). The molecule has 0 radical (unpaired) electrons. The van der Waals surface area contributed by atoms with Crippen molar-refractivity contribution in [2.75, 3.05) is 16.4 Å². The molecule has 1 aliphatic heterocycles. The second-order valence-corrected chi connectivity index (χ2v) is 7.28. The third-order valence-corrected chi connectivity index (χ3v) is 5.15. The molecule has 0 spiro atoms. The van der Waals surface area contributed by atoms with E-state index >= 15 is 0 Å². The number of carbonyl (C=O) groups excluding carboxylic acids is 2. The first kappa shape index (κ1) is 17.2. The van der Waals surface area contributed by atoms with Gasteiger partial charge in [-0.15, -0.1) is 11.3 Å². The van der Waals surface area contributed by atoms with Gasteiger partial charge in [-0.2, -0.15) is 0 Å². The molecule has 0 atom stereocenters. The van der Waals surface area contributed by atoms with Crippen LogP contribution in [0.4, 0.5) is 16.5 Å². The molecule has 0 fully saturated rings. The summed E-state index contributed by atoms with van der Waals surface area (Å²) in [6.07, 6.45) is 1.42. The predicted octanol–water partition coefficient (Wildman–Crippen LogP) is 3.46. The van der Waals surface area contributed by atoms with Crippen LogP contribution in [-0.2, 0) is 22.4 Å². The van der Waals surface area contributed by atoms with Crippen molar-refractivity contribution in [2.24, 2.45) is 0 Å². The predicted molar refractivity (Wildman–Crippen MR) is 108 cm³/mol. The zero-order valence-corrected chi connectivity index (χ0v) is 15.3. The van der Waals surface area contributed by atoms with E-state index in [0.29, 0.717) is 30.1 Å². The highest BCUT2D eigenvalue weighted by molar-refractivity contribution is 7.14. The lowest BCUT2D eigenvalue weighted by Crippen LogP contribution is -2.12. The molecule has 0 unspecified atom stereocenters. The smallest absolute Gasteiger partial charge is 0.228 e. The largest absolute Gasteiger partial charge is 0.399 e. The van der Waals surface area contributed by atoms with Crippen molar-refractivity contribution in [3.8, 4) is 11.3 Å². The molecule has 27 heavy (non-hydrogen) atoms. The van der Waals surface area contributed by atoms with Crippen LogP contribution in [0.15, 0.2) is 47.8 Å². The molecular formula is C20H18N4O2S. The molecule has 0 aliphatic carbocycles. The third kappa shape index (κ3) is 3.98. The number of nitrogens with zero attached hydrogens (tertiary/aromatic N) is 1. The molecular weight excluding hydrogens is 360 g/mol. The van der Waals surface area contributed by atoms with Crippen LogP contribution in [0.1, 0.15) is 17.5 Å². The SMILES string of the molecule is Nc1ccc(CCC(=O)Nc2nc(-c3ccc4c(c3)CC(=O)N4)cs2)cc1. The van der Waals surface area contributed by atoms with Crippen LogP contribution in [0, 0.1) is 0 Å². The fourth-order valence-corrected chi connectivity index (χ4v) is 3.71.